The molecule has 0 spiro atoms. The van der Waals surface area contributed by atoms with Crippen LogP contribution in [0, 0.1) is 0 Å². The van der Waals surface area contributed by atoms with Gasteiger partial charge in [-0.3, -0.25) is 0 Å². The quantitative estimate of drug-likeness (QED) is 0.213. The van der Waals surface area contributed by atoms with Crippen molar-refractivity contribution >= 4 is 20.5 Å². The Labute approximate surface area is 160 Å². The molecule has 152 valence electrons. The first-order chi connectivity index (χ1) is 12.2. The summed E-state index contributed by atoms with van der Waals surface area (Å²) in [7, 11) is -2.37. The molecule has 0 unspecified atom stereocenters. The van der Waals surface area contributed by atoms with Crippen LogP contribution in [0.3, 0.4) is 0 Å². The molecule has 0 atom stereocenters. The van der Waals surface area contributed by atoms with E-state index in [1.807, 2.05) is 0 Å². The predicted octanol–water partition coefficient (Wildman–Crippen LogP) is 7.25. The van der Waals surface area contributed by atoms with Crippen molar-refractivity contribution < 1.29 is 18.8 Å². The first-order valence-electron chi connectivity index (χ1n) is 9.99. The fourth-order valence-corrected chi connectivity index (χ4v) is 8.73. The Bertz CT molecular complexity index is 429. The van der Waals surface area contributed by atoms with Crippen molar-refractivity contribution in [1.82, 2.24) is 0 Å². The zero-order valence-corrected chi connectivity index (χ0v) is 18.7. The number of hydrogen-bond donors (Lipinski definition) is 0. The average molecular weight is 387 g/mol. The van der Waals surface area contributed by atoms with E-state index in [1.165, 1.54) is 19.3 Å². The molecule has 0 aliphatic carbocycles. The lowest BCUT2D eigenvalue weighted by Crippen LogP contribution is -2.48. The largest absolute Gasteiger partial charge is 0.500 e. The minimum atomic E-state index is -2.37. The average Bonchev–Trinajstić information content (AvgIpc) is 2.56. The zero-order chi connectivity index (χ0) is 20.2. The monoisotopic (exact) mass is 386 g/mol. The number of rotatable bonds is 11. The van der Waals surface area contributed by atoms with Crippen LogP contribution in [0.5, 0.6) is 0 Å². The second-order valence-corrected chi connectivity index (χ2v) is 13.1. The molecule has 0 aromatic rings. The number of unbranched alkanes of at least 4 members (excludes halogenated alkanes) is 5. The highest BCUT2D eigenvalue weighted by atomic mass is 28.4. The molecular weight excluding hydrogens is 348 g/mol. The van der Waals surface area contributed by atoms with Crippen LogP contribution in [0.1, 0.15) is 87.0 Å². The van der Waals surface area contributed by atoms with Gasteiger partial charge in [-0.05, 0) is 23.0 Å². The van der Waals surface area contributed by atoms with Crippen LogP contribution >= 0.6 is 0 Å². The number of hydrogen-bond acceptors (Lipinski definition) is 4. The molecule has 2 amide bonds. The number of carbonyl (C=O) groups excluding carboxylic acids is 2. The molecule has 0 aliphatic rings. The van der Waals surface area contributed by atoms with Crippen molar-refractivity contribution in [1.29, 1.82) is 0 Å². The second kappa shape index (κ2) is 13.0. The van der Waals surface area contributed by atoms with Crippen molar-refractivity contribution in [3.8, 4) is 0 Å². The van der Waals surface area contributed by atoms with Crippen LogP contribution in [0.2, 0.25) is 16.6 Å². The summed E-state index contributed by atoms with van der Waals surface area (Å²) < 4.78 is 10.8. The molecule has 0 bridgehead atoms. The van der Waals surface area contributed by atoms with E-state index in [0.717, 1.165) is 19.3 Å². The summed E-state index contributed by atoms with van der Waals surface area (Å²) in [5, 5.41) is 6.76. The summed E-state index contributed by atoms with van der Waals surface area (Å²) in [5.74, 6) is 0. The highest BCUT2D eigenvalue weighted by molar-refractivity contribution is 6.78. The fraction of sp³-hybridized carbons (Fsp3) is 0.895. The van der Waals surface area contributed by atoms with Crippen LogP contribution in [0.15, 0.2) is 10.2 Å². The molecule has 0 fully saturated rings. The molecule has 0 saturated carbocycles. The summed E-state index contributed by atoms with van der Waals surface area (Å²) in [5.41, 5.74) is 0.754. The molecule has 0 N–H and O–H groups in total. The number of carbonyl (C=O) groups is 2. The summed E-state index contributed by atoms with van der Waals surface area (Å²) in [6.07, 6.45) is 5.02. The van der Waals surface area contributed by atoms with E-state index in [-0.39, 0.29) is 16.6 Å². The van der Waals surface area contributed by atoms with Crippen LogP contribution in [0.25, 0.3) is 0 Å². The van der Waals surface area contributed by atoms with Crippen molar-refractivity contribution in [2.45, 2.75) is 104 Å². The lowest BCUT2D eigenvalue weighted by Gasteiger charge is -2.40. The van der Waals surface area contributed by atoms with Gasteiger partial charge in [-0.1, -0.05) is 90.8 Å². The van der Waals surface area contributed by atoms with E-state index in [2.05, 4.69) is 58.7 Å². The third-order valence-corrected chi connectivity index (χ3v) is 10.9. The van der Waals surface area contributed by atoms with Crippen molar-refractivity contribution in [3.63, 3.8) is 0 Å². The van der Waals surface area contributed by atoms with E-state index in [4.69, 9.17) is 9.16 Å². The molecule has 0 rings (SSSR count). The van der Waals surface area contributed by atoms with E-state index < -0.39 is 20.5 Å². The maximum atomic E-state index is 12.1. The molecule has 0 aromatic heterocycles. The first-order valence-corrected chi connectivity index (χ1v) is 12.1. The Hall–Kier alpha value is -1.24. The van der Waals surface area contributed by atoms with Gasteiger partial charge in [0.25, 0.3) is 8.32 Å². The minimum absolute atomic E-state index is 0.251. The lowest BCUT2D eigenvalue weighted by atomic mass is 10.1. The third kappa shape index (κ3) is 8.43. The summed E-state index contributed by atoms with van der Waals surface area (Å²) in [6.45, 7) is 14.9. The van der Waals surface area contributed by atoms with Gasteiger partial charge >= 0.3 is 12.2 Å². The van der Waals surface area contributed by atoms with Crippen LogP contribution in [0.4, 0.5) is 9.59 Å². The molecule has 0 saturated heterocycles. The Morgan fingerprint density at radius 1 is 0.769 bits per heavy atom. The highest BCUT2D eigenvalue weighted by Crippen LogP contribution is 2.42. The molecule has 0 aromatic carbocycles. The third-order valence-electron chi connectivity index (χ3n) is 4.91. The Morgan fingerprint density at radius 2 is 1.23 bits per heavy atom. The van der Waals surface area contributed by atoms with Gasteiger partial charge in [0, 0.05) is 0 Å². The number of azo groups is 1. The van der Waals surface area contributed by atoms with Gasteiger partial charge < -0.3 is 9.16 Å². The maximum Gasteiger partial charge on any atom is 0.452 e. The molecule has 6 nitrogen and oxygen atoms in total. The topological polar surface area (TPSA) is 77.3 Å². The zero-order valence-electron chi connectivity index (χ0n) is 17.7. The van der Waals surface area contributed by atoms with Crippen molar-refractivity contribution in [3.05, 3.63) is 0 Å². The molecule has 0 radical (unpaired) electrons. The van der Waals surface area contributed by atoms with Gasteiger partial charge in [-0.2, -0.15) is 0 Å². The van der Waals surface area contributed by atoms with Crippen LogP contribution in [-0.2, 0) is 9.16 Å². The minimum Gasteiger partial charge on any atom is -0.500 e. The molecule has 0 aliphatic heterocycles. The second-order valence-electron chi connectivity index (χ2n) is 7.77. The van der Waals surface area contributed by atoms with Gasteiger partial charge in [0.05, 0.1) is 6.61 Å². The lowest BCUT2D eigenvalue weighted by molar-refractivity contribution is 0.151. The van der Waals surface area contributed by atoms with Crippen molar-refractivity contribution in [2.24, 2.45) is 10.2 Å². The molecule has 0 heterocycles. The van der Waals surface area contributed by atoms with Crippen molar-refractivity contribution in [2.75, 3.05) is 6.61 Å². The fourth-order valence-electron chi connectivity index (χ4n) is 3.68. The van der Waals surface area contributed by atoms with Gasteiger partial charge in [0.1, 0.15) is 0 Å². The van der Waals surface area contributed by atoms with E-state index in [9.17, 15) is 9.59 Å². The van der Waals surface area contributed by atoms with Crippen LogP contribution in [-0.4, -0.2) is 27.1 Å². The van der Waals surface area contributed by atoms with E-state index in [1.54, 1.807) is 0 Å². The smallest absolute Gasteiger partial charge is 0.452 e. The highest BCUT2D eigenvalue weighted by Gasteiger charge is 2.48. The van der Waals surface area contributed by atoms with Gasteiger partial charge in [0.2, 0.25) is 0 Å². The van der Waals surface area contributed by atoms with Crippen LogP contribution < -0.4 is 0 Å². The Kier molecular flexibility index (Phi) is 12.4. The number of ether oxygens (including phenoxy) is 1. The molecular formula is C19H38N2O4Si. The summed E-state index contributed by atoms with van der Waals surface area (Å²) >= 11 is 0. The van der Waals surface area contributed by atoms with Gasteiger partial charge in [-0.15, -0.1) is 0 Å². The standard InChI is InChI=1S/C19H38N2O4Si/c1-8-9-10-11-12-13-14-24-18(22)20-21-19(23)25-26(15(2)3,16(4)5)17(6)7/h15-17H,8-14H2,1-7H3. The van der Waals surface area contributed by atoms with Gasteiger partial charge in [-0.25, -0.2) is 9.59 Å². The van der Waals surface area contributed by atoms with E-state index in [0.29, 0.717) is 6.61 Å². The summed E-state index contributed by atoms with van der Waals surface area (Å²) in [4.78, 5) is 23.7. The number of nitrogens with zero attached hydrogens (tertiary/aromatic N) is 2. The molecule has 26 heavy (non-hydrogen) atoms. The summed E-state index contributed by atoms with van der Waals surface area (Å²) in [6, 6.07) is 0. The predicted molar refractivity (Wildman–Crippen MR) is 107 cm³/mol. The molecule has 7 heteroatoms. The van der Waals surface area contributed by atoms with E-state index >= 15 is 0 Å². The van der Waals surface area contributed by atoms with Gasteiger partial charge in [0.15, 0.2) is 0 Å². The first kappa shape index (κ1) is 24.8. The Morgan fingerprint density at radius 3 is 1.73 bits per heavy atom. The Balaban J connectivity index is 4.41. The SMILES string of the molecule is CCCCCCCCOC(=O)N=NC(=O)O[Si](C(C)C)(C(C)C)C(C)C. The normalized spacial score (nSPS) is 12.4. The maximum absolute atomic E-state index is 12.1. The number of amides is 2.